The van der Waals surface area contributed by atoms with Crippen LogP contribution in [0.15, 0.2) is 54.6 Å². The standard InChI is InChI=1S/C18H24N2O/c1-14(11-15-7-9-16(12-19)10-8-15)20-13-18(21)17-5-3-2-4-6-17/h2-10,14,18,20-21H,11-13,19H2,1H3. The van der Waals surface area contributed by atoms with Gasteiger partial charge >= 0.3 is 0 Å². The summed E-state index contributed by atoms with van der Waals surface area (Å²) in [4.78, 5) is 0. The van der Waals surface area contributed by atoms with Crippen LogP contribution in [0.25, 0.3) is 0 Å². The molecule has 0 radical (unpaired) electrons. The monoisotopic (exact) mass is 284 g/mol. The number of nitrogens with two attached hydrogens (primary N) is 1. The molecule has 0 fully saturated rings. The molecule has 0 aliphatic heterocycles. The zero-order valence-corrected chi connectivity index (χ0v) is 12.5. The third-order valence-electron chi connectivity index (χ3n) is 3.64. The maximum absolute atomic E-state index is 10.1. The molecule has 2 aromatic carbocycles. The lowest BCUT2D eigenvalue weighted by molar-refractivity contribution is 0.170. The van der Waals surface area contributed by atoms with Gasteiger partial charge < -0.3 is 16.2 Å². The smallest absolute Gasteiger partial charge is 0.0914 e. The first kappa shape index (κ1) is 15.7. The average Bonchev–Trinajstić information content (AvgIpc) is 2.54. The van der Waals surface area contributed by atoms with Crippen LogP contribution in [0.5, 0.6) is 0 Å². The number of aliphatic hydroxyl groups is 1. The summed E-state index contributed by atoms with van der Waals surface area (Å²) in [5, 5.41) is 13.5. The first-order chi connectivity index (χ1) is 10.2. The Morgan fingerprint density at radius 1 is 1.00 bits per heavy atom. The fraction of sp³-hybridized carbons (Fsp3) is 0.333. The summed E-state index contributed by atoms with van der Waals surface area (Å²) in [6, 6.07) is 18.4. The molecule has 21 heavy (non-hydrogen) atoms. The molecule has 0 bridgehead atoms. The van der Waals surface area contributed by atoms with E-state index in [0.717, 1.165) is 17.5 Å². The van der Waals surface area contributed by atoms with Gasteiger partial charge in [0.05, 0.1) is 6.10 Å². The van der Waals surface area contributed by atoms with Crippen molar-refractivity contribution in [2.75, 3.05) is 6.54 Å². The number of aliphatic hydroxyl groups excluding tert-OH is 1. The van der Waals surface area contributed by atoms with Crippen LogP contribution in [0, 0.1) is 0 Å². The molecule has 2 atom stereocenters. The zero-order valence-electron chi connectivity index (χ0n) is 12.5. The van der Waals surface area contributed by atoms with Crippen molar-refractivity contribution in [2.24, 2.45) is 5.73 Å². The Morgan fingerprint density at radius 2 is 1.62 bits per heavy atom. The second-order valence-corrected chi connectivity index (χ2v) is 5.46. The fourth-order valence-corrected chi connectivity index (χ4v) is 2.34. The van der Waals surface area contributed by atoms with Gasteiger partial charge in [-0.2, -0.15) is 0 Å². The predicted molar refractivity (Wildman–Crippen MR) is 86.9 cm³/mol. The summed E-state index contributed by atoms with van der Waals surface area (Å²) in [6.07, 6.45) is 0.472. The van der Waals surface area contributed by atoms with Crippen LogP contribution in [0.4, 0.5) is 0 Å². The summed E-state index contributed by atoms with van der Waals surface area (Å²) in [5.74, 6) is 0. The van der Waals surface area contributed by atoms with Crippen molar-refractivity contribution in [3.63, 3.8) is 0 Å². The van der Waals surface area contributed by atoms with Gasteiger partial charge in [0.2, 0.25) is 0 Å². The van der Waals surface area contributed by atoms with Crippen molar-refractivity contribution in [2.45, 2.75) is 32.0 Å². The number of benzene rings is 2. The Hall–Kier alpha value is -1.68. The number of nitrogens with one attached hydrogen (secondary N) is 1. The SMILES string of the molecule is CC(Cc1ccc(CN)cc1)NCC(O)c1ccccc1. The van der Waals surface area contributed by atoms with Gasteiger partial charge in [0.1, 0.15) is 0 Å². The Bertz CT molecular complexity index is 525. The minimum absolute atomic E-state index is 0.312. The second kappa shape index (κ2) is 7.93. The van der Waals surface area contributed by atoms with Gasteiger partial charge in [-0.15, -0.1) is 0 Å². The molecule has 2 aromatic rings. The highest BCUT2D eigenvalue weighted by molar-refractivity contribution is 5.23. The van der Waals surface area contributed by atoms with Crippen LogP contribution in [0.2, 0.25) is 0 Å². The molecular formula is C18H24N2O. The van der Waals surface area contributed by atoms with Crippen molar-refractivity contribution in [3.8, 4) is 0 Å². The summed E-state index contributed by atoms with van der Waals surface area (Å²) in [6.45, 7) is 3.28. The lowest BCUT2D eigenvalue weighted by Crippen LogP contribution is -2.32. The van der Waals surface area contributed by atoms with Gasteiger partial charge in [0.15, 0.2) is 0 Å². The molecule has 0 heterocycles. The predicted octanol–water partition coefficient (Wildman–Crippen LogP) is 2.40. The van der Waals surface area contributed by atoms with Gasteiger partial charge in [0.25, 0.3) is 0 Å². The number of hydrogen-bond acceptors (Lipinski definition) is 3. The Balaban J connectivity index is 1.80. The van der Waals surface area contributed by atoms with Gasteiger partial charge in [0, 0.05) is 19.1 Å². The molecule has 2 rings (SSSR count). The summed E-state index contributed by atoms with van der Waals surface area (Å²) in [7, 11) is 0. The molecule has 0 aliphatic carbocycles. The maximum atomic E-state index is 10.1. The minimum atomic E-state index is -0.465. The van der Waals surface area contributed by atoms with Crippen LogP contribution >= 0.6 is 0 Å². The quantitative estimate of drug-likeness (QED) is 0.732. The molecule has 0 saturated heterocycles. The number of rotatable bonds is 7. The highest BCUT2D eigenvalue weighted by atomic mass is 16.3. The first-order valence-electron chi connectivity index (χ1n) is 7.43. The molecule has 3 nitrogen and oxygen atoms in total. The zero-order chi connectivity index (χ0) is 15.1. The van der Waals surface area contributed by atoms with Gasteiger partial charge in [-0.1, -0.05) is 54.6 Å². The normalized spacial score (nSPS) is 13.9. The van der Waals surface area contributed by atoms with E-state index in [1.54, 1.807) is 0 Å². The summed E-state index contributed by atoms with van der Waals surface area (Å²) < 4.78 is 0. The van der Waals surface area contributed by atoms with Crippen molar-refractivity contribution >= 4 is 0 Å². The summed E-state index contributed by atoms with van der Waals surface area (Å²) >= 11 is 0. The Labute approximate surface area is 126 Å². The van der Waals surface area contributed by atoms with Crippen molar-refractivity contribution < 1.29 is 5.11 Å². The van der Waals surface area contributed by atoms with Crippen LogP contribution in [-0.4, -0.2) is 17.7 Å². The van der Waals surface area contributed by atoms with E-state index >= 15 is 0 Å². The molecule has 4 N–H and O–H groups in total. The molecule has 0 aromatic heterocycles. The lowest BCUT2D eigenvalue weighted by atomic mass is 10.0. The summed E-state index contributed by atoms with van der Waals surface area (Å²) in [5.41, 5.74) is 8.98. The van der Waals surface area contributed by atoms with Crippen molar-refractivity contribution in [1.82, 2.24) is 5.32 Å². The van der Waals surface area contributed by atoms with E-state index in [2.05, 4.69) is 36.5 Å². The second-order valence-electron chi connectivity index (χ2n) is 5.46. The largest absolute Gasteiger partial charge is 0.387 e. The minimum Gasteiger partial charge on any atom is -0.387 e. The van der Waals surface area contributed by atoms with E-state index in [4.69, 9.17) is 5.73 Å². The molecule has 112 valence electrons. The first-order valence-corrected chi connectivity index (χ1v) is 7.43. The molecule has 2 unspecified atom stereocenters. The average molecular weight is 284 g/mol. The Kier molecular flexibility index (Phi) is 5.93. The number of hydrogen-bond donors (Lipinski definition) is 3. The van der Waals surface area contributed by atoms with E-state index < -0.39 is 6.10 Å². The van der Waals surface area contributed by atoms with Gasteiger partial charge in [-0.25, -0.2) is 0 Å². The Morgan fingerprint density at radius 3 is 2.24 bits per heavy atom. The third-order valence-corrected chi connectivity index (χ3v) is 3.64. The van der Waals surface area contributed by atoms with Crippen molar-refractivity contribution in [1.29, 1.82) is 0 Å². The highest BCUT2D eigenvalue weighted by Gasteiger charge is 2.09. The van der Waals surface area contributed by atoms with Crippen LogP contribution in [-0.2, 0) is 13.0 Å². The molecule has 0 spiro atoms. The van der Waals surface area contributed by atoms with Gasteiger partial charge in [-0.3, -0.25) is 0 Å². The van der Waals surface area contributed by atoms with E-state index in [1.165, 1.54) is 5.56 Å². The maximum Gasteiger partial charge on any atom is 0.0914 e. The fourth-order valence-electron chi connectivity index (χ4n) is 2.34. The molecule has 3 heteroatoms. The lowest BCUT2D eigenvalue weighted by Gasteiger charge is -2.17. The van der Waals surface area contributed by atoms with Crippen LogP contribution in [0.3, 0.4) is 0 Å². The highest BCUT2D eigenvalue weighted by Crippen LogP contribution is 2.12. The van der Waals surface area contributed by atoms with E-state index in [1.807, 2.05) is 30.3 Å². The van der Waals surface area contributed by atoms with E-state index in [-0.39, 0.29) is 0 Å². The topological polar surface area (TPSA) is 58.3 Å². The molecule has 0 saturated carbocycles. The third kappa shape index (κ3) is 4.97. The van der Waals surface area contributed by atoms with E-state index in [9.17, 15) is 5.11 Å². The molecule has 0 amide bonds. The van der Waals surface area contributed by atoms with Crippen molar-refractivity contribution in [3.05, 3.63) is 71.3 Å². The molecule has 0 aliphatic rings. The van der Waals surface area contributed by atoms with Crippen LogP contribution in [0.1, 0.15) is 29.7 Å². The van der Waals surface area contributed by atoms with Crippen LogP contribution < -0.4 is 11.1 Å². The molecular weight excluding hydrogens is 260 g/mol. The van der Waals surface area contributed by atoms with E-state index in [0.29, 0.717) is 19.1 Å². The van der Waals surface area contributed by atoms with Gasteiger partial charge in [-0.05, 0) is 30.0 Å².